The van der Waals surface area contributed by atoms with Crippen molar-refractivity contribution in [1.82, 2.24) is 0 Å². The summed E-state index contributed by atoms with van der Waals surface area (Å²) >= 11 is 0. The number of anilines is 2. The molecule has 0 aliphatic rings. The van der Waals surface area contributed by atoms with Gasteiger partial charge in [-0.15, -0.1) is 0 Å². The van der Waals surface area contributed by atoms with E-state index in [4.69, 9.17) is 4.74 Å². The van der Waals surface area contributed by atoms with Crippen molar-refractivity contribution in [1.29, 1.82) is 0 Å². The van der Waals surface area contributed by atoms with Crippen molar-refractivity contribution in [2.24, 2.45) is 0 Å². The van der Waals surface area contributed by atoms with Crippen molar-refractivity contribution in [3.63, 3.8) is 0 Å². The van der Waals surface area contributed by atoms with Gasteiger partial charge >= 0.3 is 6.09 Å². The van der Waals surface area contributed by atoms with E-state index in [0.29, 0.717) is 11.4 Å². The minimum atomic E-state index is -0.808. The third-order valence-electron chi connectivity index (χ3n) is 3.76. The van der Waals surface area contributed by atoms with Crippen molar-refractivity contribution < 1.29 is 23.5 Å². The van der Waals surface area contributed by atoms with Gasteiger partial charge in [0.25, 0.3) is 5.91 Å². The molecule has 0 atom stereocenters. The first-order chi connectivity index (χ1) is 13.0. The fourth-order valence-corrected chi connectivity index (χ4v) is 2.46. The Bertz CT molecular complexity index is 991. The molecule has 0 saturated heterocycles. The number of amides is 2. The van der Waals surface area contributed by atoms with Crippen LogP contribution in [0.15, 0.2) is 60.7 Å². The van der Waals surface area contributed by atoms with Crippen LogP contribution in [0.4, 0.5) is 20.6 Å². The van der Waals surface area contributed by atoms with Crippen LogP contribution in [0.5, 0.6) is 5.75 Å². The normalized spacial score (nSPS) is 10.3. The van der Waals surface area contributed by atoms with Gasteiger partial charge in [-0.3, -0.25) is 10.1 Å². The molecular weight excluding hydrogens is 351 g/mol. The van der Waals surface area contributed by atoms with Gasteiger partial charge in [-0.05, 0) is 41.1 Å². The van der Waals surface area contributed by atoms with Crippen LogP contribution in [0.1, 0.15) is 0 Å². The standard InChI is InChI=1S/C20H17FN2O4/c1-26-20(25)23-18-11-15(7-9-17(18)21)22-19(24)12-27-16-8-6-13-4-2-3-5-14(13)10-16/h2-11H,12H2,1H3,(H,22,24)(H,23,25). The molecule has 0 fully saturated rings. The van der Waals surface area contributed by atoms with Crippen LogP contribution in [-0.4, -0.2) is 25.7 Å². The molecule has 0 aliphatic heterocycles. The van der Waals surface area contributed by atoms with Gasteiger partial charge in [0.05, 0.1) is 12.8 Å². The maximum atomic E-state index is 13.7. The number of carbonyl (C=O) groups excluding carboxylic acids is 2. The molecule has 0 saturated carbocycles. The first-order valence-electron chi connectivity index (χ1n) is 8.11. The summed E-state index contributed by atoms with van der Waals surface area (Å²) in [6.45, 7) is -0.213. The molecular formula is C20H17FN2O4. The Balaban J connectivity index is 1.61. The summed E-state index contributed by atoms with van der Waals surface area (Å²) in [5.74, 6) is -0.499. The van der Waals surface area contributed by atoms with Crippen molar-refractivity contribution in [2.45, 2.75) is 0 Å². The number of rotatable bonds is 5. The van der Waals surface area contributed by atoms with Gasteiger partial charge in [0.15, 0.2) is 6.61 Å². The predicted octanol–water partition coefficient (Wildman–Crippen LogP) is 4.17. The van der Waals surface area contributed by atoms with E-state index < -0.39 is 17.8 Å². The molecule has 0 aliphatic carbocycles. The fourth-order valence-electron chi connectivity index (χ4n) is 2.46. The largest absolute Gasteiger partial charge is 0.484 e. The van der Waals surface area contributed by atoms with Gasteiger partial charge in [-0.25, -0.2) is 9.18 Å². The number of benzene rings is 3. The first-order valence-corrected chi connectivity index (χ1v) is 8.11. The number of ether oxygens (including phenoxy) is 2. The highest BCUT2D eigenvalue weighted by Crippen LogP contribution is 2.21. The van der Waals surface area contributed by atoms with Crippen LogP contribution in [0, 0.1) is 5.82 Å². The lowest BCUT2D eigenvalue weighted by molar-refractivity contribution is -0.118. The van der Waals surface area contributed by atoms with Crippen molar-refractivity contribution in [2.75, 3.05) is 24.4 Å². The molecule has 0 aromatic heterocycles. The number of nitrogens with one attached hydrogen (secondary N) is 2. The summed E-state index contributed by atoms with van der Waals surface area (Å²) in [4.78, 5) is 23.3. The van der Waals surface area contributed by atoms with E-state index in [1.165, 1.54) is 19.2 Å². The summed E-state index contributed by atoms with van der Waals surface area (Å²) in [5, 5.41) is 6.90. The summed E-state index contributed by atoms with van der Waals surface area (Å²) < 4.78 is 23.6. The number of hydrogen-bond acceptors (Lipinski definition) is 4. The Kier molecular flexibility index (Phi) is 5.51. The number of halogens is 1. The third-order valence-corrected chi connectivity index (χ3v) is 3.76. The molecule has 6 nitrogen and oxygen atoms in total. The van der Waals surface area contributed by atoms with Crippen LogP contribution in [0.2, 0.25) is 0 Å². The van der Waals surface area contributed by atoms with Crippen LogP contribution in [-0.2, 0) is 9.53 Å². The predicted molar refractivity (Wildman–Crippen MR) is 101 cm³/mol. The molecule has 3 aromatic carbocycles. The molecule has 3 aromatic rings. The first kappa shape index (κ1) is 18.2. The summed E-state index contributed by atoms with van der Waals surface area (Å²) in [6.07, 6.45) is -0.808. The second kappa shape index (κ2) is 8.18. The Labute approximate surface area is 154 Å². The summed E-state index contributed by atoms with van der Waals surface area (Å²) in [7, 11) is 1.17. The minimum Gasteiger partial charge on any atom is -0.484 e. The summed E-state index contributed by atoms with van der Waals surface area (Å²) in [6, 6.07) is 17.2. The SMILES string of the molecule is COC(=O)Nc1cc(NC(=O)COc2ccc3ccccc3c2)ccc1F. The van der Waals surface area contributed by atoms with E-state index in [1.54, 1.807) is 6.07 Å². The molecule has 2 N–H and O–H groups in total. The molecule has 138 valence electrons. The van der Waals surface area contributed by atoms with Crippen LogP contribution in [0.3, 0.4) is 0 Å². The maximum Gasteiger partial charge on any atom is 0.411 e. The highest BCUT2D eigenvalue weighted by atomic mass is 19.1. The van der Waals surface area contributed by atoms with Gasteiger partial charge in [-0.1, -0.05) is 30.3 Å². The highest BCUT2D eigenvalue weighted by Gasteiger charge is 2.10. The number of methoxy groups -OCH3 is 1. The lowest BCUT2D eigenvalue weighted by atomic mass is 10.1. The van der Waals surface area contributed by atoms with Gasteiger partial charge in [-0.2, -0.15) is 0 Å². The van der Waals surface area contributed by atoms with E-state index in [-0.39, 0.29) is 12.3 Å². The van der Waals surface area contributed by atoms with Crippen molar-refractivity contribution in [3.8, 4) is 5.75 Å². The van der Waals surface area contributed by atoms with Crippen LogP contribution in [0.25, 0.3) is 10.8 Å². The fraction of sp³-hybridized carbons (Fsp3) is 0.100. The molecule has 0 spiro atoms. The molecule has 7 heteroatoms. The molecule has 2 amide bonds. The Hall–Kier alpha value is -3.61. The number of hydrogen-bond donors (Lipinski definition) is 2. The average molecular weight is 368 g/mol. The third kappa shape index (κ3) is 4.72. The second-order valence-corrected chi connectivity index (χ2v) is 5.66. The molecule has 27 heavy (non-hydrogen) atoms. The van der Waals surface area contributed by atoms with Gasteiger partial charge in [0.1, 0.15) is 11.6 Å². The van der Waals surface area contributed by atoms with E-state index in [9.17, 15) is 14.0 Å². The molecule has 0 radical (unpaired) electrons. The maximum absolute atomic E-state index is 13.7. The van der Waals surface area contributed by atoms with Gasteiger partial charge < -0.3 is 14.8 Å². The van der Waals surface area contributed by atoms with Crippen LogP contribution < -0.4 is 15.4 Å². The minimum absolute atomic E-state index is 0.102. The van der Waals surface area contributed by atoms with E-state index in [0.717, 1.165) is 16.8 Å². The lowest BCUT2D eigenvalue weighted by Gasteiger charge is -2.10. The average Bonchev–Trinajstić information content (AvgIpc) is 2.68. The quantitative estimate of drug-likeness (QED) is 0.708. The molecule has 0 unspecified atom stereocenters. The monoisotopic (exact) mass is 368 g/mol. The van der Waals surface area contributed by atoms with Crippen LogP contribution >= 0.6 is 0 Å². The van der Waals surface area contributed by atoms with Gasteiger partial charge in [0.2, 0.25) is 0 Å². The Morgan fingerprint density at radius 3 is 2.52 bits per heavy atom. The number of carbonyl (C=O) groups is 2. The van der Waals surface area contributed by atoms with E-state index in [2.05, 4.69) is 15.4 Å². The zero-order valence-electron chi connectivity index (χ0n) is 14.5. The van der Waals surface area contributed by atoms with E-state index in [1.807, 2.05) is 36.4 Å². The van der Waals surface area contributed by atoms with Crippen molar-refractivity contribution >= 4 is 34.1 Å². The highest BCUT2D eigenvalue weighted by molar-refractivity contribution is 5.93. The molecule has 0 bridgehead atoms. The summed E-state index contributed by atoms with van der Waals surface area (Å²) in [5.41, 5.74) is 0.213. The zero-order valence-corrected chi connectivity index (χ0v) is 14.5. The van der Waals surface area contributed by atoms with Crippen molar-refractivity contribution in [3.05, 3.63) is 66.5 Å². The zero-order chi connectivity index (χ0) is 19.2. The molecule has 3 rings (SSSR count). The lowest BCUT2D eigenvalue weighted by Crippen LogP contribution is -2.20. The Morgan fingerprint density at radius 2 is 1.74 bits per heavy atom. The smallest absolute Gasteiger partial charge is 0.411 e. The second-order valence-electron chi connectivity index (χ2n) is 5.66. The van der Waals surface area contributed by atoms with E-state index >= 15 is 0 Å². The Morgan fingerprint density at radius 1 is 0.963 bits per heavy atom. The molecule has 0 heterocycles. The van der Waals surface area contributed by atoms with Gasteiger partial charge in [0, 0.05) is 5.69 Å². The number of fused-ring (bicyclic) bond motifs is 1. The topological polar surface area (TPSA) is 76.7 Å².